The molecule has 0 spiro atoms. The van der Waals surface area contributed by atoms with Gasteiger partial charge in [0, 0.05) is 12.3 Å². The fourth-order valence-corrected chi connectivity index (χ4v) is 6.13. The Balaban J connectivity index is 1.21. The Kier molecular flexibility index (Phi) is 6.11. The van der Waals surface area contributed by atoms with Gasteiger partial charge in [-0.1, -0.05) is 12.1 Å². The number of nitrogens with zero attached hydrogens (tertiary/aromatic N) is 1. The lowest BCUT2D eigenvalue weighted by Gasteiger charge is -2.55. The number of benzene rings is 1. The maximum absolute atomic E-state index is 12.9. The van der Waals surface area contributed by atoms with Crippen LogP contribution in [0, 0.1) is 23.2 Å². The molecule has 2 N–H and O–H groups in total. The van der Waals surface area contributed by atoms with E-state index < -0.39 is 0 Å². The Bertz CT molecular complexity index is 780. The number of amides is 2. The van der Waals surface area contributed by atoms with E-state index >= 15 is 0 Å². The van der Waals surface area contributed by atoms with Crippen molar-refractivity contribution in [3.05, 3.63) is 29.8 Å². The number of rotatable bonds is 8. The van der Waals surface area contributed by atoms with Gasteiger partial charge in [-0.2, -0.15) is 5.10 Å². The number of ether oxygens (including phenoxy) is 1. The van der Waals surface area contributed by atoms with Crippen LogP contribution in [0.3, 0.4) is 0 Å². The van der Waals surface area contributed by atoms with Crippen LogP contribution in [0.25, 0.3) is 0 Å². The van der Waals surface area contributed by atoms with Crippen LogP contribution in [-0.2, 0) is 16.0 Å². The molecule has 1 aromatic rings. The lowest BCUT2D eigenvalue weighted by Crippen LogP contribution is -2.52. The standard InChI is InChI=1S/C24H33N3O3/c1-16(9-22(28)25-8-7-17-3-5-21(30-2)6-4-17)26-27-23(29)24-13-18-10-19(14-24)12-20(11-18)15-24/h3-6,18-20H,7-15H2,1-2H3,(H,25,28)(H,27,29)/b26-16-. The van der Waals surface area contributed by atoms with Gasteiger partial charge in [-0.25, -0.2) is 5.43 Å². The summed E-state index contributed by atoms with van der Waals surface area (Å²) in [7, 11) is 1.64. The average molecular weight is 412 g/mol. The highest BCUT2D eigenvalue weighted by atomic mass is 16.5. The van der Waals surface area contributed by atoms with Crippen LogP contribution < -0.4 is 15.5 Å². The lowest BCUT2D eigenvalue weighted by molar-refractivity contribution is -0.146. The Morgan fingerprint density at radius 1 is 1.07 bits per heavy atom. The molecule has 162 valence electrons. The SMILES string of the molecule is COc1ccc(CCNC(=O)C/C(C)=N\NC(=O)C23CC4CC(CC(C4)C2)C3)cc1. The van der Waals surface area contributed by atoms with Gasteiger partial charge in [0.2, 0.25) is 11.8 Å². The van der Waals surface area contributed by atoms with E-state index in [4.69, 9.17) is 4.74 Å². The fourth-order valence-electron chi connectivity index (χ4n) is 6.13. The summed E-state index contributed by atoms with van der Waals surface area (Å²) in [5, 5.41) is 7.17. The third-order valence-corrected chi connectivity index (χ3v) is 7.18. The minimum atomic E-state index is -0.209. The second-order valence-electron chi connectivity index (χ2n) is 9.61. The van der Waals surface area contributed by atoms with E-state index in [0.717, 1.165) is 54.7 Å². The molecule has 5 rings (SSSR count). The van der Waals surface area contributed by atoms with Crippen molar-refractivity contribution < 1.29 is 14.3 Å². The maximum Gasteiger partial charge on any atom is 0.246 e. The molecule has 4 fully saturated rings. The zero-order valence-corrected chi connectivity index (χ0v) is 18.1. The van der Waals surface area contributed by atoms with Gasteiger partial charge >= 0.3 is 0 Å². The van der Waals surface area contributed by atoms with Gasteiger partial charge in [-0.3, -0.25) is 9.59 Å². The van der Waals surface area contributed by atoms with Crippen molar-refractivity contribution in [2.45, 2.75) is 58.3 Å². The molecule has 0 aromatic heterocycles. The van der Waals surface area contributed by atoms with Crippen LogP contribution in [0.2, 0.25) is 0 Å². The number of nitrogens with one attached hydrogen (secondary N) is 2. The first-order valence-corrected chi connectivity index (χ1v) is 11.2. The number of carbonyl (C=O) groups is 2. The number of carbonyl (C=O) groups excluding carboxylic acids is 2. The summed E-state index contributed by atoms with van der Waals surface area (Å²) in [6.07, 6.45) is 7.95. The minimum absolute atomic E-state index is 0.0702. The molecule has 0 aliphatic heterocycles. The number of methoxy groups -OCH3 is 1. The summed E-state index contributed by atoms with van der Waals surface area (Å²) in [5.41, 5.74) is 4.36. The second kappa shape index (κ2) is 8.78. The van der Waals surface area contributed by atoms with E-state index in [0.29, 0.717) is 12.3 Å². The Morgan fingerprint density at radius 3 is 2.23 bits per heavy atom. The Hall–Kier alpha value is -2.37. The van der Waals surface area contributed by atoms with Gasteiger partial charge < -0.3 is 10.1 Å². The minimum Gasteiger partial charge on any atom is -0.497 e. The van der Waals surface area contributed by atoms with Crippen molar-refractivity contribution in [2.24, 2.45) is 28.3 Å². The largest absolute Gasteiger partial charge is 0.497 e. The third-order valence-electron chi connectivity index (χ3n) is 7.18. The van der Waals surface area contributed by atoms with Gasteiger partial charge in [-0.05, 0) is 87.3 Å². The molecule has 0 atom stereocenters. The molecule has 4 saturated carbocycles. The molecule has 0 radical (unpaired) electrons. The molecule has 6 heteroatoms. The predicted octanol–water partition coefficient (Wildman–Crippen LogP) is 3.45. The first-order valence-electron chi connectivity index (χ1n) is 11.2. The van der Waals surface area contributed by atoms with E-state index in [2.05, 4.69) is 15.8 Å². The van der Waals surface area contributed by atoms with Gasteiger partial charge in [0.1, 0.15) is 5.75 Å². The molecular weight excluding hydrogens is 378 g/mol. The highest BCUT2D eigenvalue weighted by Gasteiger charge is 2.54. The molecule has 4 aliphatic rings. The molecule has 4 bridgehead atoms. The smallest absolute Gasteiger partial charge is 0.246 e. The van der Waals surface area contributed by atoms with Crippen molar-refractivity contribution in [1.82, 2.24) is 10.7 Å². The maximum atomic E-state index is 12.9. The van der Waals surface area contributed by atoms with Crippen molar-refractivity contribution >= 4 is 17.5 Å². The van der Waals surface area contributed by atoms with E-state index in [1.807, 2.05) is 24.3 Å². The van der Waals surface area contributed by atoms with Crippen molar-refractivity contribution in [3.8, 4) is 5.75 Å². The predicted molar refractivity (Wildman–Crippen MR) is 116 cm³/mol. The lowest BCUT2D eigenvalue weighted by atomic mass is 9.49. The summed E-state index contributed by atoms with van der Waals surface area (Å²) in [5.74, 6) is 3.00. The molecule has 0 saturated heterocycles. The highest BCUT2D eigenvalue weighted by Crippen LogP contribution is 2.60. The molecule has 4 aliphatic carbocycles. The highest BCUT2D eigenvalue weighted by molar-refractivity contribution is 6.00. The van der Waals surface area contributed by atoms with Crippen LogP contribution in [0.1, 0.15) is 57.4 Å². The van der Waals surface area contributed by atoms with Gasteiger partial charge in [0.05, 0.1) is 18.9 Å². The van der Waals surface area contributed by atoms with Crippen LogP contribution >= 0.6 is 0 Å². The normalized spacial score (nSPS) is 29.5. The summed E-state index contributed by atoms with van der Waals surface area (Å²) in [4.78, 5) is 25.1. The number of hydrazone groups is 1. The second-order valence-corrected chi connectivity index (χ2v) is 9.61. The van der Waals surface area contributed by atoms with Crippen molar-refractivity contribution in [3.63, 3.8) is 0 Å². The Labute approximate surface area is 178 Å². The van der Waals surface area contributed by atoms with Gasteiger partial charge in [0.15, 0.2) is 0 Å². The average Bonchev–Trinajstić information content (AvgIpc) is 2.71. The van der Waals surface area contributed by atoms with Gasteiger partial charge in [-0.15, -0.1) is 0 Å². The van der Waals surface area contributed by atoms with E-state index in [1.165, 1.54) is 19.3 Å². The first kappa shape index (κ1) is 20.9. The zero-order chi connectivity index (χ0) is 21.1. The summed E-state index contributed by atoms with van der Waals surface area (Å²) in [6, 6.07) is 7.83. The van der Waals surface area contributed by atoms with Crippen LogP contribution in [-0.4, -0.2) is 31.2 Å². The molecule has 2 amide bonds. The molecule has 0 heterocycles. The van der Waals surface area contributed by atoms with Crippen LogP contribution in [0.5, 0.6) is 5.75 Å². The molecule has 1 aromatic carbocycles. The van der Waals surface area contributed by atoms with Crippen LogP contribution in [0.15, 0.2) is 29.4 Å². The summed E-state index contributed by atoms with van der Waals surface area (Å²) >= 11 is 0. The molecular formula is C24H33N3O3. The van der Waals surface area contributed by atoms with Crippen molar-refractivity contribution in [2.75, 3.05) is 13.7 Å². The topological polar surface area (TPSA) is 79.8 Å². The van der Waals surface area contributed by atoms with E-state index in [-0.39, 0.29) is 23.7 Å². The molecule has 6 nitrogen and oxygen atoms in total. The Morgan fingerprint density at radius 2 is 1.67 bits per heavy atom. The number of hydrogen-bond donors (Lipinski definition) is 2. The quantitative estimate of drug-likeness (QED) is 0.508. The third kappa shape index (κ3) is 4.68. The van der Waals surface area contributed by atoms with E-state index in [1.54, 1.807) is 14.0 Å². The van der Waals surface area contributed by atoms with E-state index in [9.17, 15) is 9.59 Å². The zero-order valence-electron chi connectivity index (χ0n) is 18.1. The monoisotopic (exact) mass is 411 g/mol. The summed E-state index contributed by atoms with van der Waals surface area (Å²) in [6.45, 7) is 2.36. The first-order chi connectivity index (χ1) is 14.5. The number of hydrogen-bond acceptors (Lipinski definition) is 4. The van der Waals surface area contributed by atoms with Crippen LogP contribution in [0.4, 0.5) is 0 Å². The summed E-state index contributed by atoms with van der Waals surface area (Å²) < 4.78 is 5.15. The molecule has 30 heavy (non-hydrogen) atoms. The van der Waals surface area contributed by atoms with Crippen molar-refractivity contribution in [1.29, 1.82) is 0 Å². The fraction of sp³-hybridized carbons (Fsp3) is 0.625. The van der Waals surface area contributed by atoms with Gasteiger partial charge in [0.25, 0.3) is 0 Å². The molecule has 0 unspecified atom stereocenters.